The molecule has 0 atom stereocenters. The van der Waals surface area contributed by atoms with Gasteiger partial charge in [0.05, 0.1) is 26.9 Å². The number of pyridine rings is 1. The molecule has 0 radical (unpaired) electrons. The van der Waals surface area contributed by atoms with Crippen LogP contribution in [0.15, 0.2) is 53.1 Å². The van der Waals surface area contributed by atoms with Crippen LogP contribution in [0, 0.1) is 0 Å². The van der Waals surface area contributed by atoms with Crippen molar-refractivity contribution in [2.45, 2.75) is 56.5 Å². The summed E-state index contributed by atoms with van der Waals surface area (Å²) >= 11 is 13.0. The van der Waals surface area contributed by atoms with Gasteiger partial charge in [0.1, 0.15) is 29.6 Å². The number of nitrogens with zero attached hydrogens (tertiary/aromatic N) is 2. The summed E-state index contributed by atoms with van der Waals surface area (Å²) in [5.74, 6) is 1.81. The fourth-order valence-electron chi connectivity index (χ4n) is 5.68. The van der Waals surface area contributed by atoms with Crippen molar-refractivity contribution >= 4 is 29.2 Å². The van der Waals surface area contributed by atoms with Gasteiger partial charge in [-0.15, -0.1) is 0 Å². The number of hydrogen-bond donors (Lipinski definition) is 1. The van der Waals surface area contributed by atoms with E-state index in [9.17, 15) is 9.90 Å². The second-order valence-electron chi connectivity index (χ2n) is 10.6. The molecule has 1 N–H and O–H groups in total. The molecule has 0 saturated heterocycles. The van der Waals surface area contributed by atoms with Gasteiger partial charge in [0, 0.05) is 23.0 Å². The fourth-order valence-corrected chi connectivity index (χ4v) is 6.25. The summed E-state index contributed by atoms with van der Waals surface area (Å²) in [6, 6.07) is 14.1. The molecule has 1 aliphatic heterocycles. The van der Waals surface area contributed by atoms with Gasteiger partial charge in [0.25, 0.3) is 0 Å². The van der Waals surface area contributed by atoms with E-state index in [1.54, 1.807) is 36.4 Å². The summed E-state index contributed by atoms with van der Waals surface area (Å²) in [7, 11) is 0. The first-order valence-corrected chi connectivity index (χ1v) is 13.8. The molecule has 2 fully saturated rings. The van der Waals surface area contributed by atoms with Crippen LogP contribution in [-0.4, -0.2) is 21.2 Å². The zero-order valence-electron chi connectivity index (χ0n) is 20.9. The molecule has 0 unspecified atom stereocenters. The monoisotopic (exact) mass is 562 g/mol. The highest BCUT2D eigenvalue weighted by atomic mass is 35.5. The highest BCUT2D eigenvalue weighted by Crippen LogP contribution is 2.53. The van der Waals surface area contributed by atoms with Crippen LogP contribution in [0.4, 0.5) is 0 Å². The molecule has 198 valence electrons. The quantitative estimate of drug-likeness (QED) is 0.254. The molecule has 4 aromatic rings. The topological polar surface area (TPSA) is 94.7 Å². The fraction of sp³-hybridized carbons (Fsp3) is 0.300. The first-order chi connectivity index (χ1) is 18.9. The van der Waals surface area contributed by atoms with Crippen molar-refractivity contribution < 1.29 is 23.9 Å². The van der Waals surface area contributed by atoms with E-state index in [1.807, 2.05) is 12.1 Å². The third kappa shape index (κ3) is 4.24. The number of aromatic nitrogens is 2. The van der Waals surface area contributed by atoms with E-state index >= 15 is 0 Å². The first kappa shape index (κ1) is 24.5. The molecule has 3 aliphatic rings. The van der Waals surface area contributed by atoms with Crippen LogP contribution < -0.4 is 9.47 Å². The Labute approximate surface area is 234 Å². The summed E-state index contributed by atoms with van der Waals surface area (Å²) in [5.41, 5.74) is 3.91. The molecule has 2 aromatic heterocycles. The third-order valence-corrected chi connectivity index (χ3v) is 8.67. The molecule has 2 saturated carbocycles. The van der Waals surface area contributed by atoms with Crippen molar-refractivity contribution in [2.75, 3.05) is 0 Å². The van der Waals surface area contributed by atoms with Gasteiger partial charge in [0.2, 0.25) is 5.88 Å². The summed E-state index contributed by atoms with van der Waals surface area (Å²) in [5, 5.41) is 14.8. The zero-order chi connectivity index (χ0) is 26.7. The maximum Gasteiger partial charge on any atom is 0.335 e. The minimum atomic E-state index is -0.983. The van der Waals surface area contributed by atoms with Gasteiger partial charge in [-0.3, -0.25) is 0 Å². The Morgan fingerprint density at radius 2 is 1.87 bits per heavy atom. The van der Waals surface area contributed by atoms with Crippen LogP contribution >= 0.6 is 23.2 Å². The van der Waals surface area contributed by atoms with Crippen LogP contribution in [0.3, 0.4) is 0 Å². The molecule has 7 nitrogen and oxygen atoms in total. The van der Waals surface area contributed by atoms with E-state index in [0.29, 0.717) is 44.6 Å². The van der Waals surface area contributed by atoms with Gasteiger partial charge in [-0.25, -0.2) is 9.78 Å². The van der Waals surface area contributed by atoms with Gasteiger partial charge in [-0.2, -0.15) is 0 Å². The standard InChI is InChI=1S/C30H24Cl2N2O5/c31-20-3-1-4-21(32)25(20)26-19(27(39-34-26)16-5-6-16)15-37-24-10-9-22-28(33-24)30(11-2-12-30)14-18-8-7-17(29(35)36)13-23(18)38-22/h1,3-4,7-10,13,16H,2,5-6,11-12,14-15H2,(H,35,36). The van der Waals surface area contributed by atoms with E-state index in [-0.39, 0.29) is 17.6 Å². The number of aromatic carboxylic acids is 1. The second-order valence-corrected chi connectivity index (χ2v) is 11.4. The number of fused-ring (bicyclic) bond motifs is 3. The van der Waals surface area contributed by atoms with Crippen molar-refractivity contribution in [3.05, 3.63) is 86.7 Å². The molecule has 7 rings (SSSR count). The van der Waals surface area contributed by atoms with Crippen molar-refractivity contribution in [1.82, 2.24) is 10.1 Å². The number of hydrogen-bond acceptors (Lipinski definition) is 6. The number of benzene rings is 2. The first-order valence-electron chi connectivity index (χ1n) is 13.0. The summed E-state index contributed by atoms with van der Waals surface area (Å²) in [6.07, 6.45) is 5.87. The van der Waals surface area contributed by atoms with E-state index in [1.165, 1.54) is 0 Å². The lowest BCUT2D eigenvalue weighted by molar-refractivity contribution is 0.0696. The number of carboxylic acids is 1. The molecular weight excluding hydrogens is 539 g/mol. The van der Waals surface area contributed by atoms with E-state index in [2.05, 4.69) is 5.16 Å². The predicted octanol–water partition coefficient (Wildman–Crippen LogP) is 7.97. The van der Waals surface area contributed by atoms with Crippen LogP contribution in [-0.2, 0) is 18.4 Å². The Morgan fingerprint density at radius 3 is 2.56 bits per heavy atom. The largest absolute Gasteiger partial charge is 0.478 e. The summed E-state index contributed by atoms with van der Waals surface area (Å²) < 4.78 is 18.3. The molecule has 0 amide bonds. The molecule has 39 heavy (non-hydrogen) atoms. The molecule has 2 aromatic carbocycles. The minimum absolute atomic E-state index is 0.169. The number of rotatable bonds is 6. The van der Waals surface area contributed by atoms with Crippen molar-refractivity contribution in [2.24, 2.45) is 0 Å². The number of ether oxygens (including phenoxy) is 2. The SMILES string of the molecule is O=C(O)c1ccc2c(c1)Oc1ccc(OCc3c(-c4c(Cl)cccc4Cl)noc3C3CC3)nc1C1(CCC1)C2. The Bertz CT molecular complexity index is 1600. The van der Waals surface area contributed by atoms with Gasteiger partial charge in [0.15, 0.2) is 0 Å². The van der Waals surface area contributed by atoms with Gasteiger partial charge in [-0.05, 0) is 68.0 Å². The summed E-state index contributed by atoms with van der Waals surface area (Å²) in [4.78, 5) is 16.5. The lowest BCUT2D eigenvalue weighted by Gasteiger charge is -2.41. The van der Waals surface area contributed by atoms with Crippen molar-refractivity contribution in [3.8, 4) is 28.6 Å². The van der Waals surface area contributed by atoms with Crippen LogP contribution in [0.1, 0.15) is 71.0 Å². The van der Waals surface area contributed by atoms with Crippen LogP contribution in [0.5, 0.6) is 17.4 Å². The highest BCUT2D eigenvalue weighted by molar-refractivity contribution is 6.39. The molecule has 1 spiro atoms. The lowest BCUT2D eigenvalue weighted by Crippen LogP contribution is -2.37. The Kier molecular flexibility index (Phi) is 5.83. The smallest absolute Gasteiger partial charge is 0.335 e. The zero-order valence-corrected chi connectivity index (χ0v) is 22.4. The van der Waals surface area contributed by atoms with Crippen molar-refractivity contribution in [3.63, 3.8) is 0 Å². The van der Waals surface area contributed by atoms with E-state index in [4.69, 9.17) is 42.2 Å². The average Bonchev–Trinajstić information content (AvgIpc) is 3.68. The number of carboxylic acid groups (broad SMARTS) is 1. The number of halogens is 2. The normalized spacial score (nSPS) is 17.0. The summed E-state index contributed by atoms with van der Waals surface area (Å²) in [6.45, 7) is 0.202. The van der Waals surface area contributed by atoms with Gasteiger partial charge >= 0.3 is 5.97 Å². The molecule has 3 heterocycles. The maximum atomic E-state index is 11.5. The maximum absolute atomic E-state index is 11.5. The molecular formula is C30H24Cl2N2O5. The predicted molar refractivity (Wildman–Crippen MR) is 145 cm³/mol. The second kappa shape index (κ2) is 9.28. The average molecular weight is 563 g/mol. The Balaban J connectivity index is 1.22. The van der Waals surface area contributed by atoms with Gasteiger partial charge < -0.3 is 19.1 Å². The molecule has 0 bridgehead atoms. The Hall–Kier alpha value is -3.55. The van der Waals surface area contributed by atoms with E-state index in [0.717, 1.165) is 61.1 Å². The van der Waals surface area contributed by atoms with Crippen molar-refractivity contribution in [1.29, 1.82) is 0 Å². The third-order valence-electron chi connectivity index (χ3n) is 8.04. The molecule has 2 aliphatic carbocycles. The Morgan fingerprint density at radius 1 is 1.08 bits per heavy atom. The minimum Gasteiger partial charge on any atom is -0.478 e. The highest BCUT2D eigenvalue weighted by Gasteiger charge is 2.45. The van der Waals surface area contributed by atoms with Gasteiger partial charge in [-0.1, -0.05) is 46.9 Å². The van der Waals surface area contributed by atoms with Crippen LogP contribution in [0.25, 0.3) is 11.3 Å². The van der Waals surface area contributed by atoms with E-state index < -0.39 is 5.97 Å². The number of carbonyl (C=O) groups is 1. The lowest BCUT2D eigenvalue weighted by atomic mass is 9.63. The van der Waals surface area contributed by atoms with Crippen LogP contribution in [0.2, 0.25) is 10.0 Å². The molecule has 9 heteroatoms.